The topological polar surface area (TPSA) is 92.4 Å². The lowest BCUT2D eigenvalue weighted by Crippen LogP contribution is -2.59. The minimum Gasteiger partial charge on any atom is -0.383 e. The zero-order chi connectivity index (χ0) is 15.0. The van der Waals surface area contributed by atoms with Gasteiger partial charge in [-0.15, -0.1) is 0 Å². The van der Waals surface area contributed by atoms with Gasteiger partial charge in [0.1, 0.15) is 5.60 Å². The van der Waals surface area contributed by atoms with Gasteiger partial charge in [-0.3, -0.25) is 9.59 Å². The zero-order valence-corrected chi connectivity index (χ0v) is 10.5. The summed E-state index contributed by atoms with van der Waals surface area (Å²) in [5.41, 5.74) is 3.08. The Hall–Kier alpha value is -2.02. The third-order valence-electron chi connectivity index (χ3n) is 3.48. The maximum absolute atomic E-state index is 13.8. The molecule has 1 aliphatic carbocycles. The number of halogens is 2. The Kier molecular flexibility index (Phi) is 3.47. The summed E-state index contributed by atoms with van der Waals surface area (Å²) in [7, 11) is 0. The van der Waals surface area contributed by atoms with Crippen LogP contribution in [0.4, 0.5) is 14.5 Å². The SMILES string of the molecule is NC(=O)c1ccc(NC(=O)C(F)(F)C2(O)CCC2)cc1. The second-order valence-corrected chi connectivity index (χ2v) is 4.86. The van der Waals surface area contributed by atoms with Crippen molar-refractivity contribution >= 4 is 17.5 Å². The van der Waals surface area contributed by atoms with Gasteiger partial charge in [0.25, 0.3) is 5.91 Å². The number of benzene rings is 1. The van der Waals surface area contributed by atoms with E-state index in [1.165, 1.54) is 24.3 Å². The molecular formula is C13H14F2N2O3. The van der Waals surface area contributed by atoms with Gasteiger partial charge >= 0.3 is 5.92 Å². The number of nitrogens with two attached hydrogens (primary N) is 1. The largest absolute Gasteiger partial charge is 0.383 e. The maximum Gasteiger partial charge on any atom is 0.352 e. The first kappa shape index (κ1) is 14.4. The first-order valence-corrected chi connectivity index (χ1v) is 6.08. The molecule has 0 aliphatic heterocycles. The summed E-state index contributed by atoms with van der Waals surface area (Å²) in [5, 5.41) is 11.7. The second-order valence-electron chi connectivity index (χ2n) is 4.86. The van der Waals surface area contributed by atoms with E-state index in [0.717, 1.165) is 0 Å². The Morgan fingerprint density at radius 3 is 2.20 bits per heavy atom. The van der Waals surface area contributed by atoms with Gasteiger partial charge in [0, 0.05) is 11.3 Å². The number of carbonyl (C=O) groups excluding carboxylic acids is 2. The van der Waals surface area contributed by atoms with Gasteiger partial charge in [-0.05, 0) is 43.5 Å². The molecular weight excluding hydrogens is 270 g/mol. The monoisotopic (exact) mass is 284 g/mol. The lowest BCUT2D eigenvalue weighted by molar-refractivity contribution is -0.212. The normalized spacial score (nSPS) is 17.1. The van der Waals surface area contributed by atoms with Gasteiger partial charge in [0.05, 0.1) is 0 Å². The van der Waals surface area contributed by atoms with Crippen LogP contribution in [0.5, 0.6) is 0 Å². The van der Waals surface area contributed by atoms with Crippen molar-refractivity contribution in [3.8, 4) is 0 Å². The maximum atomic E-state index is 13.8. The number of hydrogen-bond donors (Lipinski definition) is 3. The molecule has 2 rings (SSSR count). The van der Waals surface area contributed by atoms with E-state index in [-0.39, 0.29) is 24.1 Å². The molecule has 1 saturated carbocycles. The Bertz CT molecular complexity index is 539. The van der Waals surface area contributed by atoms with Crippen molar-refractivity contribution in [2.45, 2.75) is 30.8 Å². The number of aliphatic hydroxyl groups is 1. The first-order valence-electron chi connectivity index (χ1n) is 6.08. The highest BCUT2D eigenvalue weighted by molar-refractivity contribution is 5.98. The molecule has 1 aromatic rings. The van der Waals surface area contributed by atoms with Crippen molar-refractivity contribution in [1.29, 1.82) is 0 Å². The van der Waals surface area contributed by atoms with Crippen LogP contribution >= 0.6 is 0 Å². The van der Waals surface area contributed by atoms with E-state index in [1.807, 2.05) is 5.32 Å². The van der Waals surface area contributed by atoms with Crippen molar-refractivity contribution in [2.24, 2.45) is 5.73 Å². The lowest BCUT2D eigenvalue weighted by Gasteiger charge is -2.41. The number of rotatable bonds is 4. The minimum absolute atomic E-state index is 0.0996. The highest BCUT2D eigenvalue weighted by Crippen LogP contribution is 2.44. The number of anilines is 1. The van der Waals surface area contributed by atoms with E-state index in [1.54, 1.807) is 0 Å². The van der Waals surface area contributed by atoms with Crippen LogP contribution in [0, 0.1) is 0 Å². The summed E-state index contributed by atoms with van der Waals surface area (Å²) in [5.74, 6) is -6.07. The highest BCUT2D eigenvalue weighted by Gasteiger charge is 2.61. The molecule has 0 unspecified atom stereocenters. The Balaban J connectivity index is 2.09. The Morgan fingerprint density at radius 1 is 1.25 bits per heavy atom. The van der Waals surface area contributed by atoms with Crippen LogP contribution in [-0.2, 0) is 4.79 Å². The van der Waals surface area contributed by atoms with Gasteiger partial charge in [-0.1, -0.05) is 0 Å². The fraction of sp³-hybridized carbons (Fsp3) is 0.385. The molecule has 2 amide bonds. The van der Waals surface area contributed by atoms with E-state index in [2.05, 4.69) is 0 Å². The van der Waals surface area contributed by atoms with E-state index in [0.29, 0.717) is 6.42 Å². The standard InChI is InChI=1S/C13H14F2N2O3/c14-13(15,12(20)6-1-7-12)11(19)17-9-4-2-8(3-5-9)10(16)18/h2-5,20H,1,6-7H2,(H2,16,18)(H,17,19). The van der Waals surface area contributed by atoms with Gasteiger partial charge in [-0.2, -0.15) is 8.78 Å². The van der Waals surface area contributed by atoms with Crippen molar-refractivity contribution < 1.29 is 23.5 Å². The van der Waals surface area contributed by atoms with Crippen LogP contribution in [0.15, 0.2) is 24.3 Å². The summed E-state index contributed by atoms with van der Waals surface area (Å²) in [6.07, 6.45) is 0.259. The highest BCUT2D eigenvalue weighted by atomic mass is 19.3. The van der Waals surface area contributed by atoms with Crippen molar-refractivity contribution in [3.63, 3.8) is 0 Å². The van der Waals surface area contributed by atoms with Crippen LogP contribution in [0.1, 0.15) is 29.6 Å². The molecule has 20 heavy (non-hydrogen) atoms. The third-order valence-corrected chi connectivity index (χ3v) is 3.48. The van der Waals surface area contributed by atoms with E-state index < -0.39 is 23.3 Å². The molecule has 0 aromatic heterocycles. The molecule has 5 nitrogen and oxygen atoms in total. The number of hydrogen-bond acceptors (Lipinski definition) is 3. The summed E-state index contributed by atoms with van der Waals surface area (Å²) in [6, 6.07) is 5.21. The molecule has 0 radical (unpaired) electrons. The van der Waals surface area contributed by atoms with Crippen molar-refractivity contribution in [3.05, 3.63) is 29.8 Å². The molecule has 1 aliphatic rings. The van der Waals surface area contributed by atoms with Crippen molar-refractivity contribution in [1.82, 2.24) is 0 Å². The number of primary amides is 1. The summed E-state index contributed by atoms with van der Waals surface area (Å²) in [6.45, 7) is 0. The van der Waals surface area contributed by atoms with E-state index in [9.17, 15) is 23.5 Å². The van der Waals surface area contributed by atoms with E-state index >= 15 is 0 Å². The van der Waals surface area contributed by atoms with Gasteiger partial charge in [0.15, 0.2) is 0 Å². The molecule has 108 valence electrons. The molecule has 0 bridgehead atoms. The van der Waals surface area contributed by atoms with Crippen LogP contribution < -0.4 is 11.1 Å². The molecule has 0 heterocycles. The van der Waals surface area contributed by atoms with Gasteiger partial charge < -0.3 is 16.2 Å². The molecule has 0 saturated heterocycles. The summed E-state index contributed by atoms with van der Waals surface area (Å²) in [4.78, 5) is 22.4. The fourth-order valence-electron chi connectivity index (χ4n) is 1.96. The molecule has 7 heteroatoms. The lowest BCUT2D eigenvalue weighted by atomic mass is 9.75. The smallest absolute Gasteiger partial charge is 0.352 e. The molecule has 4 N–H and O–H groups in total. The van der Waals surface area contributed by atoms with Crippen LogP contribution in [0.3, 0.4) is 0 Å². The Labute approximate surface area is 113 Å². The molecule has 1 aromatic carbocycles. The van der Waals surface area contributed by atoms with Crippen molar-refractivity contribution in [2.75, 3.05) is 5.32 Å². The predicted molar refractivity (Wildman–Crippen MR) is 67.3 cm³/mol. The molecule has 0 spiro atoms. The number of amides is 2. The number of alkyl halides is 2. The zero-order valence-electron chi connectivity index (χ0n) is 10.5. The van der Waals surface area contributed by atoms with Crippen LogP contribution in [-0.4, -0.2) is 28.4 Å². The third kappa shape index (κ3) is 2.36. The molecule has 0 atom stereocenters. The average Bonchev–Trinajstić information content (AvgIpc) is 2.36. The summed E-state index contributed by atoms with van der Waals surface area (Å²) < 4.78 is 27.6. The van der Waals surface area contributed by atoms with E-state index in [4.69, 9.17) is 5.73 Å². The van der Waals surface area contributed by atoms with Gasteiger partial charge in [0.2, 0.25) is 5.91 Å². The minimum atomic E-state index is -3.85. The second kappa shape index (κ2) is 4.82. The number of nitrogens with one attached hydrogen (secondary N) is 1. The van der Waals surface area contributed by atoms with Gasteiger partial charge in [-0.25, -0.2) is 0 Å². The fourth-order valence-corrected chi connectivity index (χ4v) is 1.96. The summed E-state index contributed by atoms with van der Waals surface area (Å²) >= 11 is 0. The predicted octanol–water partition coefficient (Wildman–Crippen LogP) is 1.27. The quantitative estimate of drug-likeness (QED) is 0.777. The van der Waals surface area contributed by atoms with Crippen LogP contribution in [0.25, 0.3) is 0 Å². The average molecular weight is 284 g/mol. The molecule has 1 fully saturated rings. The number of carbonyl (C=O) groups is 2. The van der Waals surface area contributed by atoms with Crippen LogP contribution in [0.2, 0.25) is 0 Å². The Morgan fingerprint density at radius 2 is 1.80 bits per heavy atom. The first-order chi connectivity index (χ1) is 9.26.